The number of fused-ring (bicyclic) bond motifs is 3. The number of anilines is 1. The number of nitrogens with one attached hydrogen (secondary N) is 3. The third-order valence-electron chi connectivity index (χ3n) is 6.42. The monoisotopic (exact) mass is 384 g/mol. The van der Waals surface area contributed by atoms with Crippen LogP contribution in [0.1, 0.15) is 50.5 Å². The number of carbonyl (C=O) groups excluding carboxylic acids is 2. The number of H-pyrrole nitrogens is 1. The van der Waals surface area contributed by atoms with Crippen LogP contribution in [0.3, 0.4) is 0 Å². The smallest absolute Gasteiger partial charge is 0.356 e. The first-order valence-corrected chi connectivity index (χ1v) is 10.0. The lowest BCUT2D eigenvalue weighted by Gasteiger charge is -2.37. The van der Waals surface area contributed by atoms with Gasteiger partial charge in [0.1, 0.15) is 5.69 Å². The number of methoxy groups -OCH3 is 1. The summed E-state index contributed by atoms with van der Waals surface area (Å²) in [7, 11) is 1.34. The number of hydrogen-bond acceptors (Lipinski definition) is 3. The Morgan fingerprint density at radius 1 is 1.25 bits per heavy atom. The van der Waals surface area contributed by atoms with Crippen molar-refractivity contribution in [3.63, 3.8) is 0 Å². The summed E-state index contributed by atoms with van der Waals surface area (Å²) in [5, 5.41) is 3.82. The van der Waals surface area contributed by atoms with Crippen LogP contribution < -0.4 is 10.2 Å². The standard InChI is InChI=1S/C22H29N3O3/c1-21(2)9-14-10-22(3,12-21)13-25(14)11-17(26)24-18-15-7-5-6-8-16(15)23-19(18)20(27)28-4/h5-8,14,23H,9-13H2,1-4H3,(H,24,26)/p+1/t14-,22-/m1/s1. The Hall–Kier alpha value is -2.34. The first-order valence-electron chi connectivity index (χ1n) is 10.0. The summed E-state index contributed by atoms with van der Waals surface area (Å²) in [4.78, 5) is 29.6. The molecule has 2 heterocycles. The van der Waals surface area contributed by atoms with Gasteiger partial charge in [0.05, 0.1) is 25.4 Å². The quantitative estimate of drug-likeness (QED) is 0.709. The summed E-state index contributed by atoms with van der Waals surface area (Å²) in [6.45, 7) is 8.51. The van der Waals surface area contributed by atoms with Crippen molar-refractivity contribution >= 4 is 28.5 Å². The SMILES string of the molecule is COC(=O)c1[nH]c2ccccc2c1NC(=O)C[NH+]1C[C@]2(C)C[C@H]1CC(C)(C)C2. The van der Waals surface area contributed by atoms with Crippen LogP contribution in [0.15, 0.2) is 24.3 Å². The Kier molecular flexibility index (Phi) is 4.49. The fourth-order valence-corrected chi connectivity index (χ4v) is 5.87. The van der Waals surface area contributed by atoms with Gasteiger partial charge in [0.2, 0.25) is 0 Å². The molecule has 1 saturated carbocycles. The lowest BCUT2D eigenvalue weighted by Crippen LogP contribution is -3.15. The highest BCUT2D eigenvalue weighted by molar-refractivity contribution is 6.11. The zero-order valence-electron chi connectivity index (χ0n) is 17.1. The summed E-state index contributed by atoms with van der Waals surface area (Å²) in [6, 6.07) is 8.10. The molecule has 150 valence electrons. The van der Waals surface area contributed by atoms with Crippen LogP contribution in [-0.2, 0) is 9.53 Å². The second-order valence-electron chi connectivity index (χ2n) is 9.73. The number of hydrogen-bond donors (Lipinski definition) is 3. The average Bonchev–Trinajstić information content (AvgIpc) is 3.08. The van der Waals surface area contributed by atoms with Crippen molar-refractivity contribution in [1.29, 1.82) is 0 Å². The van der Waals surface area contributed by atoms with Gasteiger partial charge < -0.3 is 19.9 Å². The zero-order chi connectivity index (χ0) is 20.1. The number of rotatable bonds is 4. The van der Waals surface area contributed by atoms with Gasteiger partial charge in [-0.1, -0.05) is 39.0 Å². The third kappa shape index (κ3) is 3.41. The Morgan fingerprint density at radius 3 is 2.75 bits per heavy atom. The molecule has 1 amide bonds. The van der Waals surface area contributed by atoms with E-state index in [0.717, 1.165) is 23.9 Å². The maximum absolute atomic E-state index is 12.9. The van der Waals surface area contributed by atoms with Crippen LogP contribution in [0.25, 0.3) is 10.9 Å². The maximum Gasteiger partial charge on any atom is 0.356 e. The molecule has 6 heteroatoms. The van der Waals surface area contributed by atoms with Crippen molar-refractivity contribution in [1.82, 2.24) is 4.98 Å². The molecule has 2 bridgehead atoms. The molecule has 28 heavy (non-hydrogen) atoms. The van der Waals surface area contributed by atoms with E-state index in [-0.39, 0.29) is 5.91 Å². The highest BCUT2D eigenvalue weighted by Gasteiger charge is 2.53. The molecule has 2 fully saturated rings. The van der Waals surface area contributed by atoms with Crippen molar-refractivity contribution in [2.24, 2.45) is 10.8 Å². The Labute approximate surface area is 165 Å². The van der Waals surface area contributed by atoms with Gasteiger partial charge in [-0.3, -0.25) is 4.79 Å². The molecule has 3 atom stereocenters. The number of likely N-dealkylation sites (tertiary alicyclic amines) is 1. The Bertz CT molecular complexity index is 932. The van der Waals surface area contributed by atoms with Crippen LogP contribution in [0.5, 0.6) is 0 Å². The second-order valence-corrected chi connectivity index (χ2v) is 9.73. The predicted molar refractivity (Wildman–Crippen MR) is 108 cm³/mol. The van der Waals surface area contributed by atoms with Gasteiger partial charge in [0.15, 0.2) is 6.54 Å². The third-order valence-corrected chi connectivity index (χ3v) is 6.42. The molecule has 1 saturated heterocycles. The molecule has 0 radical (unpaired) electrons. The number of aromatic nitrogens is 1. The fraction of sp³-hybridized carbons (Fsp3) is 0.545. The van der Waals surface area contributed by atoms with E-state index in [4.69, 9.17) is 4.74 Å². The van der Waals surface area contributed by atoms with E-state index in [1.165, 1.54) is 24.9 Å². The topological polar surface area (TPSA) is 75.6 Å². The molecular formula is C22H30N3O3+. The molecule has 0 spiro atoms. The second kappa shape index (κ2) is 6.62. The van der Waals surface area contributed by atoms with Gasteiger partial charge in [-0.15, -0.1) is 0 Å². The molecule has 1 aromatic carbocycles. The molecule has 6 nitrogen and oxygen atoms in total. The van der Waals surface area contributed by atoms with Crippen LogP contribution in [0.2, 0.25) is 0 Å². The highest BCUT2D eigenvalue weighted by Crippen LogP contribution is 2.47. The van der Waals surface area contributed by atoms with E-state index >= 15 is 0 Å². The fourth-order valence-electron chi connectivity index (χ4n) is 5.87. The van der Waals surface area contributed by atoms with Gasteiger partial charge in [-0.25, -0.2) is 4.79 Å². The number of amides is 1. The molecule has 1 aliphatic carbocycles. The molecule has 1 unspecified atom stereocenters. The van der Waals surface area contributed by atoms with E-state index in [1.807, 2.05) is 24.3 Å². The first-order chi connectivity index (χ1) is 13.2. The van der Waals surface area contributed by atoms with Gasteiger partial charge in [-0.05, 0) is 17.9 Å². The van der Waals surface area contributed by atoms with Crippen LogP contribution in [0, 0.1) is 10.8 Å². The van der Waals surface area contributed by atoms with Crippen molar-refractivity contribution in [3.8, 4) is 0 Å². The molecule has 4 rings (SSSR count). The van der Waals surface area contributed by atoms with Crippen LogP contribution >= 0.6 is 0 Å². The van der Waals surface area contributed by atoms with Crippen molar-refractivity contribution in [2.75, 3.05) is 25.5 Å². The van der Waals surface area contributed by atoms with Gasteiger partial charge in [-0.2, -0.15) is 0 Å². The largest absolute Gasteiger partial charge is 0.464 e. The minimum atomic E-state index is -0.481. The molecular weight excluding hydrogens is 354 g/mol. The summed E-state index contributed by atoms with van der Waals surface area (Å²) in [5.74, 6) is -0.538. The number of carbonyl (C=O) groups is 2. The van der Waals surface area contributed by atoms with Crippen LogP contribution in [0.4, 0.5) is 5.69 Å². The van der Waals surface area contributed by atoms with Crippen molar-refractivity contribution in [3.05, 3.63) is 30.0 Å². The van der Waals surface area contributed by atoms with Gasteiger partial charge in [0, 0.05) is 29.2 Å². The van der Waals surface area contributed by atoms with E-state index < -0.39 is 5.97 Å². The maximum atomic E-state index is 12.9. The molecule has 1 aliphatic heterocycles. The number of esters is 1. The summed E-state index contributed by atoms with van der Waals surface area (Å²) in [5.41, 5.74) is 2.27. The number of benzene rings is 1. The van der Waals surface area contributed by atoms with E-state index in [9.17, 15) is 9.59 Å². The van der Waals surface area contributed by atoms with Crippen molar-refractivity contribution in [2.45, 2.75) is 46.1 Å². The summed E-state index contributed by atoms with van der Waals surface area (Å²) >= 11 is 0. The summed E-state index contributed by atoms with van der Waals surface area (Å²) < 4.78 is 4.89. The van der Waals surface area contributed by atoms with Gasteiger partial charge >= 0.3 is 5.97 Å². The van der Waals surface area contributed by atoms with Crippen molar-refractivity contribution < 1.29 is 19.2 Å². The lowest BCUT2D eigenvalue weighted by molar-refractivity contribution is -0.906. The molecule has 2 aromatic rings. The zero-order valence-corrected chi connectivity index (χ0v) is 17.1. The van der Waals surface area contributed by atoms with E-state index in [1.54, 1.807) is 0 Å². The van der Waals surface area contributed by atoms with E-state index in [0.29, 0.717) is 34.8 Å². The molecule has 3 N–H and O–H groups in total. The number of aromatic amines is 1. The number of para-hydroxylation sites is 1. The van der Waals surface area contributed by atoms with Gasteiger partial charge in [0.25, 0.3) is 5.91 Å². The number of ether oxygens (including phenoxy) is 1. The lowest BCUT2D eigenvalue weighted by atomic mass is 9.65. The number of quaternary nitrogens is 1. The average molecular weight is 385 g/mol. The van der Waals surface area contributed by atoms with Crippen LogP contribution in [-0.4, -0.2) is 43.1 Å². The Morgan fingerprint density at radius 2 is 2.00 bits per heavy atom. The normalized spacial score (nSPS) is 28.3. The summed E-state index contributed by atoms with van der Waals surface area (Å²) in [6.07, 6.45) is 3.57. The Balaban J connectivity index is 1.54. The first kappa shape index (κ1) is 19.0. The minimum absolute atomic E-state index is 0.0566. The highest BCUT2D eigenvalue weighted by atomic mass is 16.5. The molecule has 1 aromatic heterocycles. The minimum Gasteiger partial charge on any atom is -0.464 e. The predicted octanol–water partition coefficient (Wildman–Crippen LogP) is 2.38. The van der Waals surface area contributed by atoms with E-state index in [2.05, 4.69) is 31.1 Å². The molecule has 2 aliphatic rings.